The molecule has 0 unspecified atom stereocenters. The van der Waals surface area contributed by atoms with E-state index in [-0.39, 0.29) is 16.3 Å². The van der Waals surface area contributed by atoms with Crippen LogP contribution in [0.2, 0.25) is 0 Å². The summed E-state index contributed by atoms with van der Waals surface area (Å²) in [5.74, 6) is 0. The minimum absolute atomic E-state index is 0.0217. The van der Waals surface area contributed by atoms with Crippen molar-refractivity contribution in [1.29, 1.82) is 0 Å². The molecule has 2 N–H and O–H groups in total. The molecular formula is C11H17N3O4S. The van der Waals surface area contributed by atoms with E-state index < -0.39 is 14.9 Å². The van der Waals surface area contributed by atoms with Crippen LogP contribution in [0.1, 0.15) is 20.3 Å². The van der Waals surface area contributed by atoms with Gasteiger partial charge in [0.25, 0.3) is 5.69 Å². The molecule has 0 fully saturated rings. The van der Waals surface area contributed by atoms with Crippen LogP contribution in [0.5, 0.6) is 0 Å². The van der Waals surface area contributed by atoms with Crippen molar-refractivity contribution in [1.82, 2.24) is 4.72 Å². The third-order valence-electron chi connectivity index (χ3n) is 2.37. The predicted molar refractivity (Wildman–Crippen MR) is 72.7 cm³/mol. The topological polar surface area (TPSA) is 101 Å². The molecule has 0 radical (unpaired) electrons. The van der Waals surface area contributed by atoms with Gasteiger partial charge in [-0.15, -0.1) is 0 Å². The van der Waals surface area contributed by atoms with Gasteiger partial charge < -0.3 is 5.32 Å². The minimum Gasteiger partial charge on any atom is -0.384 e. The second-order valence-electron chi connectivity index (χ2n) is 3.87. The van der Waals surface area contributed by atoms with Gasteiger partial charge >= 0.3 is 0 Å². The number of nitrogens with zero attached hydrogens (tertiary/aromatic N) is 1. The average Bonchev–Trinajstić information content (AvgIpc) is 2.36. The van der Waals surface area contributed by atoms with Gasteiger partial charge in [0.15, 0.2) is 0 Å². The van der Waals surface area contributed by atoms with Crippen molar-refractivity contribution in [3.05, 3.63) is 28.3 Å². The van der Waals surface area contributed by atoms with Crippen LogP contribution < -0.4 is 10.0 Å². The van der Waals surface area contributed by atoms with Crippen LogP contribution in [-0.2, 0) is 10.0 Å². The first-order chi connectivity index (χ1) is 8.92. The lowest BCUT2D eigenvalue weighted by Gasteiger charge is -2.11. The van der Waals surface area contributed by atoms with Gasteiger partial charge in [0.1, 0.15) is 4.90 Å². The Morgan fingerprint density at radius 3 is 2.53 bits per heavy atom. The molecule has 0 atom stereocenters. The summed E-state index contributed by atoms with van der Waals surface area (Å²) in [7, 11) is -3.65. The van der Waals surface area contributed by atoms with Gasteiger partial charge in [0.05, 0.1) is 10.6 Å². The fourth-order valence-electron chi connectivity index (χ4n) is 1.51. The lowest BCUT2D eigenvalue weighted by Crippen LogP contribution is -2.25. The van der Waals surface area contributed by atoms with Gasteiger partial charge in [-0.05, 0) is 19.4 Å². The summed E-state index contributed by atoms with van der Waals surface area (Å²) in [6, 6.07) is 3.65. The number of anilines is 1. The predicted octanol–water partition coefficient (Wildman–Crippen LogP) is 1.71. The van der Waals surface area contributed by atoms with E-state index in [1.807, 2.05) is 6.92 Å². The smallest absolute Gasteiger partial charge is 0.271 e. The highest BCUT2D eigenvalue weighted by Gasteiger charge is 2.20. The molecule has 0 spiro atoms. The zero-order valence-corrected chi connectivity index (χ0v) is 11.7. The first-order valence-electron chi connectivity index (χ1n) is 5.94. The third kappa shape index (κ3) is 3.90. The van der Waals surface area contributed by atoms with Crippen molar-refractivity contribution in [3.8, 4) is 0 Å². The highest BCUT2D eigenvalue weighted by molar-refractivity contribution is 7.89. The Kier molecular flexibility index (Phi) is 5.25. The number of sulfonamides is 1. The van der Waals surface area contributed by atoms with Crippen LogP contribution in [0.25, 0.3) is 0 Å². The molecule has 0 aromatic heterocycles. The summed E-state index contributed by atoms with van der Waals surface area (Å²) in [5, 5.41) is 13.5. The Bertz CT molecular complexity index is 557. The molecule has 8 heteroatoms. The maximum atomic E-state index is 12.0. The molecule has 0 heterocycles. The number of non-ortho nitro benzene ring substituents is 1. The molecule has 1 aromatic carbocycles. The summed E-state index contributed by atoms with van der Waals surface area (Å²) in [5.41, 5.74) is 0.0886. The Morgan fingerprint density at radius 1 is 1.32 bits per heavy atom. The van der Waals surface area contributed by atoms with Crippen LogP contribution in [0.3, 0.4) is 0 Å². The van der Waals surface area contributed by atoms with Gasteiger partial charge in [-0.3, -0.25) is 10.1 Å². The SMILES string of the molecule is CCCNS(=O)(=O)c1ccc([N+](=O)[O-])cc1NCC. The normalized spacial score (nSPS) is 11.3. The third-order valence-corrected chi connectivity index (χ3v) is 3.89. The number of hydrogen-bond donors (Lipinski definition) is 2. The van der Waals surface area contributed by atoms with Crippen molar-refractivity contribution in [2.45, 2.75) is 25.2 Å². The Hall–Kier alpha value is -1.67. The standard InChI is InChI=1S/C11H17N3O4S/c1-3-7-13-19(17,18)11-6-5-9(14(15)16)8-10(11)12-4-2/h5-6,8,12-13H,3-4,7H2,1-2H3. The molecule has 0 bridgehead atoms. The van der Waals surface area contributed by atoms with E-state index in [1.54, 1.807) is 6.92 Å². The van der Waals surface area contributed by atoms with E-state index in [9.17, 15) is 18.5 Å². The van der Waals surface area contributed by atoms with Crippen molar-refractivity contribution in [2.75, 3.05) is 18.4 Å². The highest BCUT2D eigenvalue weighted by Crippen LogP contribution is 2.26. The summed E-state index contributed by atoms with van der Waals surface area (Å²) >= 11 is 0. The minimum atomic E-state index is -3.65. The monoisotopic (exact) mass is 287 g/mol. The molecule has 0 saturated carbocycles. The fourth-order valence-corrected chi connectivity index (χ4v) is 2.80. The Morgan fingerprint density at radius 2 is 2.00 bits per heavy atom. The van der Waals surface area contributed by atoms with E-state index in [0.29, 0.717) is 19.5 Å². The number of rotatable bonds is 7. The number of nitrogens with one attached hydrogen (secondary N) is 2. The van der Waals surface area contributed by atoms with Gasteiger partial charge in [0, 0.05) is 25.2 Å². The molecule has 7 nitrogen and oxygen atoms in total. The van der Waals surface area contributed by atoms with Gasteiger partial charge in [0.2, 0.25) is 10.0 Å². The number of hydrogen-bond acceptors (Lipinski definition) is 5. The molecule has 1 aromatic rings. The molecule has 0 aliphatic heterocycles. The van der Waals surface area contributed by atoms with Gasteiger partial charge in [-0.25, -0.2) is 13.1 Å². The average molecular weight is 287 g/mol. The van der Waals surface area contributed by atoms with E-state index in [0.717, 1.165) is 0 Å². The van der Waals surface area contributed by atoms with Crippen LogP contribution in [0, 0.1) is 10.1 Å². The van der Waals surface area contributed by atoms with E-state index in [2.05, 4.69) is 10.0 Å². The second-order valence-corrected chi connectivity index (χ2v) is 5.60. The van der Waals surface area contributed by atoms with Gasteiger partial charge in [-0.2, -0.15) is 0 Å². The highest BCUT2D eigenvalue weighted by atomic mass is 32.2. The van der Waals surface area contributed by atoms with Crippen LogP contribution in [-0.4, -0.2) is 26.4 Å². The summed E-state index contributed by atoms with van der Waals surface area (Å²) in [6.45, 7) is 4.43. The molecular weight excluding hydrogens is 270 g/mol. The lowest BCUT2D eigenvalue weighted by atomic mass is 10.3. The Balaban J connectivity index is 3.23. The number of benzene rings is 1. The van der Waals surface area contributed by atoms with Crippen molar-refractivity contribution in [2.24, 2.45) is 0 Å². The summed E-state index contributed by atoms with van der Waals surface area (Å²) in [6.07, 6.45) is 0.669. The summed E-state index contributed by atoms with van der Waals surface area (Å²) < 4.78 is 26.5. The van der Waals surface area contributed by atoms with Crippen molar-refractivity contribution in [3.63, 3.8) is 0 Å². The molecule has 0 aliphatic rings. The van der Waals surface area contributed by atoms with Crippen molar-refractivity contribution >= 4 is 21.4 Å². The maximum Gasteiger partial charge on any atom is 0.271 e. The first kappa shape index (κ1) is 15.4. The van der Waals surface area contributed by atoms with Crippen LogP contribution in [0.15, 0.2) is 23.1 Å². The lowest BCUT2D eigenvalue weighted by molar-refractivity contribution is -0.384. The fraction of sp³-hybridized carbons (Fsp3) is 0.455. The number of nitro benzene ring substituents is 1. The molecule has 1 rings (SSSR count). The van der Waals surface area contributed by atoms with E-state index in [1.165, 1.54) is 18.2 Å². The van der Waals surface area contributed by atoms with E-state index in [4.69, 9.17) is 0 Å². The molecule has 19 heavy (non-hydrogen) atoms. The molecule has 0 saturated heterocycles. The van der Waals surface area contributed by atoms with Crippen LogP contribution >= 0.6 is 0 Å². The van der Waals surface area contributed by atoms with Gasteiger partial charge in [-0.1, -0.05) is 6.92 Å². The molecule has 106 valence electrons. The second kappa shape index (κ2) is 6.48. The van der Waals surface area contributed by atoms with Crippen molar-refractivity contribution < 1.29 is 13.3 Å². The molecule has 0 amide bonds. The number of nitro groups is 1. The first-order valence-corrected chi connectivity index (χ1v) is 7.42. The largest absolute Gasteiger partial charge is 0.384 e. The zero-order valence-electron chi connectivity index (χ0n) is 10.8. The Labute approximate surface area is 112 Å². The molecule has 0 aliphatic carbocycles. The zero-order chi connectivity index (χ0) is 14.5. The quantitative estimate of drug-likeness (QED) is 0.587. The van der Waals surface area contributed by atoms with Crippen LogP contribution in [0.4, 0.5) is 11.4 Å². The summed E-state index contributed by atoms with van der Waals surface area (Å²) in [4.78, 5) is 10.2. The van der Waals surface area contributed by atoms with E-state index >= 15 is 0 Å². The maximum absolute atomic E-state index is 12.0.